The number of benzene rings is 3. The fourth-order valence-electron chi connectivity index (χ4n) is 3.47. The van der Waals surface area contributed by atoms with Gasteiger partial charge < -0.3 is 19.2 Å². The second kappa shape index (κ2) is 8.98. The van der Waals surface area contributed by atoms with Gasteiger partial charge in [-0.05, 0) is 61.9 Å². The summed E-state index contributed by atoms with van der Waals surface area (Å²) < 4.78 is 17.0. The van der Waals surface area contributed by atoms with Crippen LogP contribution >= 0.6 is 0 Å². The first kappa shape index (κ1) is 21.2. The van der Waals surface area contributed by atoms with Gasteiger partial charge in [-0.3, -0.25) is 9.59 Å². The summed E-state index contributed by atoms with van der Waals surface area (Å²) in [5, 5.41) is 3.21. The van der Waals surface area contributed by atoms with E-state index in [0.717, 1.165) is 11.1 Å². The first-order valence-corrected chi connectivity index (χ1v) is 10.2. The minimum absolute atomic E-state index is 0.00959. The Bertz CT molecular complexity index is 1340. The number of para-hydroxylation sites is 1. The zero-order valence-corrected chi connectivity index (χ0v) is 18.1. The van der Waals surface area contributed by atoms with Crippen molar-refractivity contribution in [3.8, 4) is 22.8 Å². The number of nitrogens with one attached hydrogen (secondary N) is 1. The number of methoxy groups -OCH3 is 1. The van der Waals surface area contributed by atoms with E-state index in [2.05, 4.69) is 5.32 Å². The highest BCUT2D eigenvalue weighted by Gasteiger charge is 2.19. The molecular formula is C26H23NO5. The quantitative estimate of drug-likeness (QED) is 0.461. The monoisotopic (exact) mass is 429 g/mol. The van der Waals surface area contributed by atoms with Crippen LogP contribution in [-0.4, -0.2) is 19.6 Å². The summed E-state index contributed by atoms with van der Waals surface area (Å²) in [4.78, 5) is 25.7. The number of aryl methyl sites for hydroxylation is 2. The maximum Gasteiger partial charge on any atom is 0.262 e. The minimum atomic E-state index is -0.370. The molecule has 1 aromatic heterocycles. The first-order valence-electron chi connectivity index (χ1n) is 10.2. The molecule has 6 nitrogen and oxygen atoms in total. The van der Waals surface area contributed by atoms with Crippen molar-refractivity contribution in [1.29, 1.82) is 0 Å². The molecule has 0 radical (unpaired) electrons. The molecule has 1 amide bonds. The van der Waals surface area contributed by atoms with Gasteiger partial charge in [0, 0.05) is 11.3 Å². The number of amides is 1. The minimum Gasteiger partial charge on any atom is -0.497 e. The SMILES string of the molecule is COc1ccc(-c2oc3ccccc3c(=O)c2OCC(=O)Nc2ccc(C)cc2C)cc1. The standard InChI is InChI=1S/C26H23NO5/c1-16-8-13-21(17(2)14-16)27-23(28)15-31-26-24(29)20-6-4-5-7-22(20)32-25(26)18-9-11-19(30-3)12-10-18/h4-14H,15H2,1-3H3,(H,27,28). The molecule has 0 bridgehead atoms. The molecule has 162 valence electrons. The number of hydrogen-bond donors (Lipinski definition) is 1. The normalized spacial score (nSPS) is 10.7. The molecule has 1 heterocycles. The van der Waals surface area contributed by atoms with Crippen LogP contribution in [0.5, 0.6) is 11.5 Å². The number of hydrogen-bond acceptors (Lipinski definition) is 5. The van der Waals surface area contributed by atoms with E-state index in [9.17, 15) is 9.59 Å². The molecule has 6 heteroatoms. The average molecular weight is 429 g/mol. The number of ether oxygens (including phenoxy) is 2. The summed E-state index contributed by atoms with van der Waals surface area (Å²) in [5.74, 6) is 0.553. The summed E-state index contributed by atoms with van der Waals surface area (Å²) in [6.07, 6.45) is 0. The van der Waals surface area contributed by atoms with Gasteiger partial charge in [-0.15, -0.1) is 0 Å². The van der Waals surface area contributed by atoms with Gasteiger partial charge in [0.2, 0.25) is 11.2 Å². The van der Waals surface area contributed by atoms with Gasteiger partial charge in [-0.25, -0.2) is 0 Å². The summed E-state index contributed by atoms with van der Waals surface area (Å²) in [5.41, 5.74) is 3.49. The van der Waals surface area contributed by atoms with E-state index in [1.807, 2.05) is 32.0 Å². The first-order chi connectivity index (χ1) is 15.5. The fourth-order valence-corrected chi connectivity index (χ4v) is 3.47. The average Bonchev–Trinajstić information content (AvgIpc) is 2.80. The Hall–Kier alpha value is -4.06. The molecule has 0 atom stereocenters. The Balaban J connectivity index is 1.66. The van der Waals surface area contributed by atoms with Gasteiger partial charge in [-0.1, -0.05) is 29.8 Å². The predicted octanol–water partition coefficient (Wildman–Crippen LogP) is 5.10. The van der Waals surface area contributed by atoms with Crippen LogP contribution in [0.25, 0.3) is 22.3 Å². The molecule has 3 aromatic carbocycles. The van der Waals surface area contributed by atoms with Crippen molar-refractivity contribution in [3.05, 3.63) is 88.1 Å². The van der Waals surface area contributed by atoms with Crippen LogP contribution in [0.2, 0.25) is 0 Å². The van der Waals surface area contributed by atoms with Crippen molar-refractivity contribution in [2.45, 2.75) is 13.8 Å². The third-order valence-corrected chi connectivity index (χ3v) is 5.11. The lowest BCUT2D eigenvalue weighted by Gasteiger charge is -2.13. The van der Waals surface area contributed by atoms with Gasteiger partial charge in [0.25, 0.3) is 5.91 Å². The molecular weight excluding hydrogens is 406 g/mol. The van der Waals surface area contributed by atoms with Crippen LogP contribution in [0, 0.1) is 13.8 Å². The van der Waals surface area contributed by atoms with Crippen LogP contribution in [0.4, 0.5) is 5.69 Å². The van der Waals surface area contributed by atoms with Crippen molar-refractivity contribution in [1.82, 2.24) is 0 Å². The van der Waals surface area contributed by atoms with Crippen molar-refractivity contribution in [3.63, 3.8) is 0 Å². The number of carbonyl (C=O) groups excluding carboxylic acids is 1. The number of rotatable bonds is 6. The van der Waals surface area contributed by atoms with E-state index in [0.29, 0.717) is 28.0 Å². The molecule has 0 spiro atoms. The maximum atomic E-state index is 13.2. The highest BCUT2D eigenvalue weighted by atomic mass is 16.5. The predicted molar refractivity (Wildman–Crippen MR) is 125 cm³/mol. The Morgan fingerprint density at radius 1 is 1.00 bits per heavy atom. The molecule has 0 aliphatic heterocycles. The number of fused-ring (bicyclic) bond motifs is 1. The molecule has 0 aliphatic rings. The fraction of sp³-hybridized carbons (Fsp3) is 0.154. The van der Waals surface area contributed by atoms with Crippen molar-refractivity contribution < 1.29 is 18.7 Å². The summed E-state index contributed by atoms with van der Waals surface area (Å²) in [6, 6.07) is 19.8. The van der Waals surface area contributed by atoms with E-state index < -0.39 is 0 Å². The van der Waals surface area contributed by atoms with Crippen molar-refractivity contribution in [2.75, 3.05) is 19.0 Å². The summed E-state index contributed by atoms with van der Waals surface area (Å²) >= 11 is 0. The largest absolute Gasteiger partial charge is 0.497 e. The third-order valence-electron chi connectivity index (χ3n) is 5.11. The molecule has 4 rings (SSSR count). The van der Waals surface area contributed by atoms with E-state index in [4.69, 9.17) is 13.9 Å². The molecule has 0 saturated carbocycles. The molecule has 0 aliphatic carbocycles. The highest BCUT2D eigenvalue weighted by Crippen LogP contribution is 2.32. The van der Waals surface area contributed by atoms with Crippen LogP contribution in [0.1, 0.15) is 11.1 Å². The number of anilines is 1. The summed E-state index contributed by atoms with van der Waals surface area (Å²) in [6.45, 7) is 3.57. The van der Waals surface area contributed by atoms with Crippen molar-refractivity contribution >= 4 is 22.6 Å². The van der Waals surface area contributed by atoms with Gasteiger partial charge in [0.15, 0.2) is 12.4 Å². The van der Waals surface area contributed by atoms with Crippen molar-refractivity contribution in [2.24, 2.45) is 0 Å². The Kier molecular flexibility index (Phi) is 5.94. The van der Waals surface area contributed by atoms with E-state index in [1.165, 1.54) is 0 Å². The Labute approximate surface area is 185 Å². The Morgan fingerprint density at radius 3 is 2.47 bits per heavy atom. The lowest BCUT2D eigenvalue weighted by molar-refractivity contribution is -0.118. The van der Waals surface area contributed by atoms with Crippen LogP contribution in [0.3, 0.4) is 0 Å². The van der Waals surface area contributed by atoms with Gasteiger partial charge in [0.05, 0.1) is 12.5 Å². The molecule has 4 aromatic rings. The Morgan fingerprint density at radius 2 is 1.75 bits per heavy atom. The van der Waals surface area contributed by atoms with Crippen LogP contribution < -0.4 is 20.2 Å². The molecule has 1 N–H and O–H groups in total. The second-order valence-electron chi connectivity index (χ2n) is 7.47. The zero-order chi connectivity index (χ0) is 22.7. The lowest BCUT2D eigenvalue weighted by Crippen LogP contribution is -2.23. The van der Waals surface area contributed by atoms with Crippen LogP contribution in [-0.2, 0) is 4.79 Å². The van der Waals surface area contributed by atoms with E-state index in [1.54, 1.807) is 55.6 Å². The van der Waals surface area contributed by atoms with E-state index in [-0.39, 0.29) is 29.5 Å². The van der Waals surface area contributed by atoms with Crippen LogP contribution in [0.15, 0.2) is 75.9 Å². The number of carbonyl (C=O) groups is 1. The molecule has 0 unspecified atom stereocenters. The molecule has 32 heavy (non-hydrogen) atoms. The highest BCUT2D eigenvalue weighted by molar-refractivity contribution is 5.93. The zero-order valence-electron chi connectivity index (χ0n) is 18.1. The van der Waals surface area contributed by atoms with Gasteiger partial charge in [0.1, 0.15) is 11.3 Å². The van der Waals surface area contributed by atoms with Gasteiger partial charge in [-0.2, -0.15) is 0 Å². The maximum absolute atomic E-state index is 13.2. The third kappa shape index (κ3) is 4.34. The second-order valence-corrected chi connectivity index (χ2v) is 7.47. The molecule has 0 saturated heterocycles. The van der Waals surface area contributed by atoms with E-state index >= 15 is 0 Å². The lowest BCUT2D eigenvalue weighted by atomic mass is 10.1. The smallest absolute Gasteiger partial charge is 0.262 e. The van der Waals surface area contributed by atoms with Gasteiger partial charge >= 0.3 is 0 Å². The summed E-state index contributed by atoms with van der Waals surface area (Å²) in [7, 11) is 1.58. The molecule has 0 fully saturated rings. The topological polar surface area (TPSA) is 77.8 Å².